The maximum Gasteiger partial charge on any atom is 0.255 e. The predicted octanol–water partition coefficient (Wildman–Crippen LogP) is 5.09. The van der Waals surface area contributed by atoms with Crippen molar-refractivity contribution in [2.45, 2.75) is 17.1 Å². The Hall–Kier alpha value is -3.85. The molecule has 0 fully saturated rings. The van der Waals surface area contributed by atoms with Gasteiger partial charge in [0.2, 0.25) is 5.91 Å². The Bertz CT molecular complexity index is 1160. The molecule has 9 heteroatoms. The molecule has 0 radical (unpaired) electrons. The molecule has 2 amide bonds. The molecule has 3 aromatic rings. The molecule has 0 saturated carbocycles. The third-order valence-electron chi connectivity index (χ3n) is 5.06. The van der Waals surface area contributed by atoms with Crippen LogP contribution in [0.25, 0.3) is 0 Å². The first kappa shape index (κ1) is 25.8. The number of hydrogen-bond acceptors (Lipinski definition) is 7. The van der Waals surface area contributed by atoms with Gasteiger partial charge in [-0.1, -0.05) is 0 Å². The average molecular weight is 497 g/mol. The van der Waals surface area contributed by atoms with Crippen LogP contribution >= 0.6 is 11.8 Å². The van der Waals surface area contributed by atoms with Gasteiger partial charge in [0.1, 0.15) is 11.5 Å². The van der Waals surface area contributed by atoms with Gasteiger partial charge in [0, 0.05) is 40.0 Å². The van der Waals surface area contributed by atoms with E-state index >= 15 is 0 Å². The fourth-order valence-electron chi connectivity index (χ4n) is 3.18. The SMILES string of the molecule is COc1cc(NC(=O)C(C)Sc2ccc(NC(=O)c3ccc(OC)c(OC)c3)cc2)cc(OC)c1. The van der Waals surface area contributed by atoms with Crippen LogP contribution in [0, 0.1) is 0 Å². The molecule has 184 valence electrons. The van der Waals surface area contributed by atoms with Crippen molar-refractivity contribution >= 4 is 35.0 Å². The molecule has 8 nitrogen and oxygen atoms in total. The van der Waals surface area contributed by atoms with E-state index in [4.69, 9.17) is 18.9 Å². The molecule has 0 aliphatic heterocycles. The summed E-state index contributed by atoms with van der Waals surface area (Å²) in [5.74, 6) is 1.78. The molecule has 1 atom stereocenters. The third-order valence-corrected chi connectivity index (χ3v) is 6.17. The minimum absolute atomic E-state index is 0.156. The molecule has 3 rings (SSSR count). The fourth-order valence-corrected chi connectivity index (χ4v) is 4.05. The van der Waals surface area contributed by atoms with Gasteiger partial charge in [0.25, 0.3) is 5.91 Å². The van der Waals surface area contributed by atoms with Crippen LogP contribution in [-0.4, -0.2) is 45.5 Å². The summed E-state index contributed by atoms with van der Waals surface area (Å²) in [5, 5.41) is 5.38. The maximum atomic E-state index is 12.7. The summed E-state index contributed by atoms with van der Waals surface area (Å²) in [4.78, 5) is 26.2. The summed E-state index contributed by atoms with van der Waals surface area (Å²) in [6.45, 7) is 1.82. The zero-order valence-electron chi connectivity index (χ0n) is 20.2. The van der Waals surface area contributed by atoms with E-state index in [1.165, 1.54) is 26.0 Å². The Morgan fingerprint density at radius 1 is 0.714 bits per heavy atom. The number of nitrogens with one attached hydrogen (secondary N) is 2. The molecule has 3 aromatic carbocycles. The molecular weight excluding hydrogens is 468 g/mol. The quantitative estimate of drug-likeness (QED) is 0.378. The Morgan fingerprint density at radius 2 is 1.34 bits per heavy atom. The number of hydrogen-bond donors (Lipinski definition) is 2. The van der Waals surface area contributed by atoms with Gasteiger partial charge in [-0.25, -0.2) is 0 Å². The standard InChI is InChI=1S/C26H28N2O6S/c1-16(25(29)28-19-13-20(31-2)15-21(14-19)32-3)35-22-9-7-18(8-10-22)27-26(30)17-6-11-23(33-4)24(12-17)34-5/h6-16H,1-5H3,(H,27,30)(H,28,29). The normalized spacial score (nSPS) is 11.2. The lowest BCUT2D eigenvalue weighted by molar-refractivity contribution is -0.115. The number of rotatable bonds is 10. The van der Waals surface area contributed by atoms with Gasteiger partial charge in [0.05, 0.1) is 33.7 Å². The molecule has 0 spiro atoms. The molecule has 0 saturated heterocycles. The van der Waals surface area contributed by atoms with Gasteiger partial charge >= 0.3 is 0 Å². The van der Waals surface area contributed by atoms with E-state index in [0.29, 0.717) is 39.9 Å². The van der Waals surface area contributed by atoms with Crippen molar-refractivity contribution in [2.24, 2.45) is 0 Å². The summed E-state index contributed by atoms with van der Waals surface area (Å²) < 4.78 is 21.0. The Morgan fingerprint density at radius 3 is 1.91 bits per heavy atom. The minimum atomic E-state index is -0.362. The lowest BCUT2D eigenvalue weighted by atomic mass is 10.2. The Kier molecular flexibility index (Phi) is 8.86. The average Bonchev–Trinajstić information content (AvgIpc) is 2.88. The first-order chi connectivity index (χ1) is 16.9. The zero-order chi connectivity index (χ0) is 25.4. The highest BCUT2D eigenvalue weighted by Gasteiger charge is 2.16. The monoisotopic (exact) mass is 496 g/mol. The lowest BCUT2D eigenvalue weighted by Crippen LogP contribution is -2.22. The summed E-state index contributed by atoms with van der Waals surface area (Å²) in [6.07, 6.45) is 0. The number of thioether (sulfide) groups is 1. The first-order valence-corrected chi connectivity index (χ1v) is 11.6. The van der Waals surface area contributed by atoms with E-state index in [0.717, 1.165) is 4.90 Å². The molecule has 1 unspecified atom stereocenters. The van der Waals surface area contributed by atoms with E-state index < -0.39 is 0 Å². The van der Waals surface area contributed by atoms with E-state index in [2.05, 4.69) is 10.6 Å². The number of methoxy groups -OCH3 is 4. The smallest absolute Gasteiger partial charge is 0.255 e. The molecular formula is C26H28N2O6S. The topological polar surface area (TPSA) is 95.1 Å². The van der Waals surface area contributed by atoms with Crippen LogP contribution in [-0.2, 0) is 4.79 Å². The summed E-state index contributed by atoms with van der Waals surface area (Å²) in [7, 11) is 6.17. The van der Waals surface area contributed by atoms with Crippen molar-refractivity contribution in [3.05, 3.63) is 66.2 Å². The third kappa shape index (κ3) is 6.83. The molecule has 0 aliphatic rings. The minimum Gasteiger partial charge on any atom is -0.497 e. The summed E-state index contributed by atoms with van der Waals surface area (Å²) in [5.41, 5.74) is 1.67. The number of carbonyl (C=O) groups excluding carboxylic acids is 2. The number of amides is 2. The molecule has 0 aromatic heterocycles. The highest BCUT2D eigenvalue weighted by atomic mass is 32.2. The van der Waals surface area contributed by atoms with Crippen LogP contribution in [0.5, 0.6) is 23.0 Å². The van der Waals surface area contributed by atoms with Crippen molar-refractivity contribution in [3.63, 3.8) is 0 Å². The van der Waals surface area contributed by atoms with Crippen molar-refractivity contribution in [1.82, 2.24) is 0 Å². The molecule has 2 N–H and O–H groups in total. The van der Waals surface area contributed by atoms with E-state index in [1.807, 2.05) is 19.1 Å². The Labute approximate surface area is 208 Å². The van der Waals surface area contributed by atoms with Gasteiger partial charge in [-0.05, 0) is 49.4 Å². The Balaban J connectivity index is 1.60. The largest absolute Gasteiger partial charge is 0.497 e. The van der Waals surface area contributed by atoms with Crippen LogP contribution in [0.4, 0.5) is 11.4 Å². The predicted molar refractivity (Wildman–Crippen MR) is 137 cm³/mol. The van der Waals surface area contributed by atoms with Crippen LogP contribution in [0.3, 0.4) is 0 Å². The van der Waals surface area contributed by atoms with Crippen molar-refractivity contribution < 1.29 is 28.5 Å². The second-order valence-corrected chi connectivity index (χ2v) is 8.81. The number of anilines is 2. The number of carbonyl (C=O) groups is 2. The molecule has 0 heterocycles. The van der Waals surface area contributed by atoms with Crippen LogP contribution in [0.15, 0.2) is 65.6 Å². The van der Waals surface area contributed by atoms with Crippen molar-refractivity contribution in [1.29, 1.82) is 0 Å². The van der Waals surface area contributed by atoms with Gasteiger partial charge in [-0.2, -0.15) is 0 Å². The fraction of sp³-hybridized carbons (Fsp3) is 0.231. The van der Waals surface area contributed by atoms with Gasteiger partial charge < -0.3 is 29.6 Å². The highest BCUT2D eigenvalue weighted by Crippen LogP contribution is 2.30. The van der Waals surface area contributed by atoms with Crippen molar-refractivity contribution in [3.8, 4) is 23.0 Å². The summed E-state index contributed by atoms with van der Waals surface area (Å²) in [6, 6.07) is 17.5. The zero-order valence-corrected chi connectivity index (χ0v) is 21.0. The van der Waals surface area contributed by atoms with E-state index in [9.17, 15) is 9.59 Å². The maximum absolute atomic E-state index is 12.7. The second kappa shape index (κ2) is 12.0. The first-order valence-electron chi connectivity index (χ1n) is 10.7. The number of benzene rings is 3. The molecule has 0 aliphatic carbocycles. The van der Waals surface area contributed by atoms with Gasteiger partial charge in [-0.15, -0.1) is 11.8 Å². The van der Waals surface area contributed by atoms with Gasteiger partial charge in [0.15, 0.2) is 11.5 Å². The summed E-state index contributed by atoms with van der Waals surface area (Å²) >= 11 is 1.41. The number of ether oxygens (including phenoxy) is 4. The van der Waals surface area contributed by atoms with Gasteiger partial charge in [-0.3, -0.25) is 9.59 Å². The second-order valence-electron chi connectivity index (χ2n) is 7.40. The van der Waals surface area contributed by atoms with E-state index in [1.54, 1.807) is 62.8 Å². The van der Waals surface area contributed by atoms with Crippen LogP contribution < -0.4 is 29.6 Å². The van der Waals surface area contributed by atoms with Crippen LogP contribution in [0.2, 0.25) is 0 Å². The highest BCUT2D eigenvalue weighted by molar-refractivity contribution is 8.00. The lowest BCUT2D eigenvalue weighted by Gasteiger charge is -2.14. The van der Waals surface area contributed by atoms with E-state index in [-0.39, 0.29) is 17.1 Å². The molecule has 35 heavy (non-hydrogen) atoms. The molecule has 0 bridgehead atoms. The van der Waals surface area contributed by atoms with Crippen LogP contribution in [0.1, 0.15) is 17.3 Å². The van der Waals surface area contributed by atoms with Crippen molar-refractivity contribution in [2.75, 3.05) is 39.1 Å².